The Morgan fingerprint density at radius 3 is 2.53 bits per heavy atom. The van der Waals surface area contributed by atoms with Crippen molar-refractivity contribution in [3.63, 3.8) is 0 Å². The number of nitrogens with two attached hydrogens (primary N) is 1. The summed E-state index contributed by atoms with van der Waals surface area (Å²) in [7, 11) is 0. The molecule has 2 N–H and O–H groups in total. The molecule has 0 fully saturated rings. The summed E-state index contributed by atoms with van der Waals surface area (Å²) in [6, 6.07) is 0.212. The Bertz CT molecular complexity index is 345. The minimum atomic E-state index is 0.212. The second-order valence-corrected chi connectivity index (χ2v) is 5.46. The van der Waals surface area contributed by atoms with Crippen LogP contribution in [0, 0.1) is 0 Å². The van der Waals surface area contributed by atoms with Crippen molar-refractivity contribution in [2.24, 2.45) is 5.73 Å². The van der Waals surface area contributed by atoms with Crippen LogP contribution in [-0.4, -0.2) is 27.8 Å². The molecule has 0 aromatic carbocycles. The Morgan fingerprint density at radius 2 is 2.06 bits per heavy atom. The Hall–Kier alpha value is -0.480. The summed E-state index contributed by atoms with van der Waals surface area (Å²) in [4.78, 5) is 0. The summed E-state index contributed by atoms with van der Waals surface area (Å²) in [5.74, 6) is 1.12. The van der Waals surface area contributed by atoms with Crippen LogP contribution < -0.4 is 5.73 Å². The van der Waals surface area contributed by atoms with Gasteiger partial charge in [-0.3, -0.25) is 4.68 Å². The monoisotopic (exact) mass is 255 g/mol. The van der Waals surface area contributed by atoms with Crippen LogP contribution >= 0.6 is 11.8 Å². The number of nitrogens with zero attached hydrogens (tertiary/aromatic N) is 2. The van der Waals surface area contributed by atoms with Crippen LogP contribution in [0.1, 0.15) is 37.7 Å². The Kier molecular flexibility index (Phi) is 6.06. The molecule has 1 heterocycles. The first-order chi connectivity index (χ1) is 8.13. The van der Waals surface area contributed by atoms with Crippen LogP contribution in [0.4, 0.5) is 0 Å². The molecule has 0 radical (unpaired) electrons. The maximum atomic E-state index is 5.94. The van der Waals surface area contributed by atoms with Crippen LogP contribution in [0.25, 0.3) is 0 Å². The highest BCUT2D eigenvalue weighted by Gasteiger charge is 2.16. The molecule has 0 aliphatic carbocycles. The van der Waals surface area contributed by atoms with Gasteiger partial charge >= 0.3 is 0 Å². The topological polar surface area (TPSA) is 43.8 Å². The average molecular weight is 255 g/mol. The lowest BCUT2D eigenvalue weighted by Crippen LogP contribution is -2.19. The van der Waals surface area contributed by atoms with Crippen molar-refractivity contribution in [2.75, 3.05) is 12.0 Å². The molecule has 3 nitrogen and oxygen atoms in total. The van der Waals surface area contributed by atoms with Gasteiger partial charge in [-0.1, -0.05) is 13.8 Å². The first-order valence-corrected chi connectivity index (χ1v) is 7.85. The summed E-state index contributed by atoms with van der Waals surface area (Å²) < 4.78 is 2.19. The molecule has 1 atom stereocenters. The molecule has 0 aliphatic heterocycles. The van der Waals surface area contributed by atoms with Gasteiger partial charge in [-0.05, 0) is 38.0 Å². The van der Waals surface area contributed by atoms with Gasteiger partial charge in [-0.15, -0.1) is 0 Å². The predicted molar refractivity (Wildman–Crippen MR) is 76.7 cm³/mol. The van der Waals surface area contributed by atoms with Gasteiger partial charge in [0.2, 0.25) is 0 Å². The minimum absolute atomic E-state index is 0.212. The molecule has 98 valence electrons. The molecule has 1 rings (SSSR count). The molecule has 0 bridgehead atoms. The molecule has 0 saturated carbocycles. The highest BCUT2D eigenvalue weighted by Crippen LogP contribution is 2.18. The van der Waals surface area contributed by atoms with Crippen LogP contribution in [0.2, 0.25) is 0 Å². The summed E-state index contributed by atoms with van der Waals surface area (Å²) in [5, 5.41) is 4.74. The third-order valence-electron chi connectivity index (χ3n) is 2.95. The maximum absolute atomic E-state index is 5.94. The molecule has 4 heteroatoms. The van der Waals surface area contributed by atoms with Crippen molar-refractivity contribution < 1.29 is 0 Å². The van der Waals surface area contributed by atoms with E-state index in [2.05, 4.69) is 31.7 Å². The lowest BCUT2D eigenvalue weighted by atomic mass is 10.0. The number of hydrogen-bond acceptors (Lipinski definition) is 3. The predicted octanol–water partition coefficient (Wildman–Crippen LogP) is 2.26. The van der Waals surface area contributed by atoms with Gasteiger partial charge in [0.1, 0.15) is 0 Å². The standard InChI is InChI=1S/C13H25N3S/c1-5-12-11(9-10(3)14)13(6-2)16(15-12)7-8-17-4/h10H,5-9,14H2,1-4H3. The van der Waals surface area contributed by atoms with Crippen molar-refractivity contribution in [1.82, 2.24) is 9.78 Å². The van der Waals surface area contributed by atoms with E-state index in [0.29, 0.717) is 0 Å². The van der Waals surface area contributed by atoms with Crippen molar-refractivity contribution in [2.45, 2.75) is 52.6 Å². The molecule has 1 unspecified atom stereocenters. The van der Waals surface area contributed by atoms with Gasteiger partial charge in [0.15, 0.2) is 0 Å². The summed E-state index contributed by atoms with van der Waals surface area (Å²) in [6.07, 6.45) is 5.13. The van der Waals surface area contributed by atoms with Crippen molar-refractivity contribution in [3.05, 3.63) is 17.0 Å². The zero-order chi connectivity index (χ0) is 12.8. The van der Waals surface area contributed by atoms with E-state index in [0.717, 1.165) is 31.6 Å². The lowest BCUT2D eigenvalue weighted by Gasteiger charge is -2.09. The zero-order valence-corrected chi connectivity index (χ0v) is 12.3. The number of aromatic nitrogens is 2. The zero-order valence-electron chi connectivity index (χ0n) is 11.5. The van der Waals surface area contributed by atoms with E-state index in [1.54, 1.807) is 0 Å². The molecular weight excluding hydrogens is 230 g/mol. The molecule has 17 heavy (non-hydrogen) atoms. The second-order valence-electron chi connectivity index (χ2n) is 4.48. The highest BCUT2D eigenvalue weighted by atomic mass is 32.2. The molecule has 0 spiro atoms. The van der Waals surface area contributed by atoms with E-state index in [9.17, 15) is 0 Å². The fourth-order valence-electron chi connectivity index (χ4n) is 2.19. The second kappa shape index (κ2) is 7.07. The van der Waals surface area contributed by atoms with Gasteiger partial charge in [0, 0.05) is 17.5 Å². The van der Waals surface area contributed by atoms with Crippen LogP contribution in [0.15, 0.2) is 0 Å². The third kappa shape index (κ3) is 3.75. The third-order valence-corrected chi connectivity index (χ3v) is 3.54. The van der Waals surface area contributed by atoms with Gasteiger partial charge in [-0.2, -0.15) is 16.9 Å². The van der Waals surface area contributed by atoms with Crippen molar-refractivity contribution >= 4 is 11.8 Å². The van der Waals surface area contributed by atoms with Gasteiger partial charge in [0.05, 0.1) is 12.2 Å². The molecule has 0 amide bonds. The Labute approximate surface area is 109 Å². The average Bonchev–Trinajstić information content (AvgIpc) is 2.62. The van der Waals surface area contributed by atoms with Gasteiger partial charge in [-0.25, -0.2) is 0 Å². The smallest absolute Gasteiger partial charge is 0.0657 e. The number of thioether (sulfide) groups is 1. The number of rotatable bonds is 7. The maximum Gasteiger partial charge on any atom is 0.0657 e. The quantitative estimate of drug-likeness (QED) is 0.813. The molecule has 0 aliphatic rings. The van der Waals surface area contributed by atoms with E-state index in [4.69, 9.17) is 10.8 Å². The van der Waals surface area contributed by atoms with E-state index in [1.807, 2.05) is 11.8 Å². The molecule has 1 aromatic heterocycles. The Morgan fingerprint density at radius 1 is 1.35 bits per heavy atom. The number of aryl methyl sites for hydroxylation is 2. The minimum Gasteiger partial charge on any atom is -0.328 e. The normalized spacial score (nSPS) is 13.0. The summed E-state index contributed by atoms with van der Waals surface area (Å²) >= 11 is 1.87. The van der Waals surface area contributed by atoms with E-state index < -0.39 is 0 Å². The fraction of sp³-hybridized carbons (Fsp3) is 0.769. The van der Waals surface area contributed by atoms with Crippen LogP contribution in [0.3, 0.4) is 0 Å². The van der Waals surface area contributed by atoms with E-state index >= 15 is 0 Å². The van der Waals surface area contributed by atoms with Crippen LogP contribution in [0.5, 0.6) is 0 Å². The summed E-state index contributed by atoms with van der Waals surface area (Å²) in [5.41, 5.74) is 9.95. The highest BCUT2D eigenvalue weighted by molar-refractivity contribution is 7.98. The molecule has 0 saturated heterocycles. The van der Waals surface area contributed by atoms with Crippen molar-refractivity contribution in [3.8, 4) is 0 Å². The first-order valence-electron chi connectivity index (χ1n) is 6.45. The lowest BCUT2D eigenvalue weighted by molar-refractivity contribution is 0.621. The summed E-state index contributed by atoms with van der Waals surface area (Å²) in [6.45, 7) is 7.45. The number of hydrogen-bond donors (Lipinski definition) is 1. The van der Waals surface area contributed by atoms with Gasteiger partial charge < -0.3 is 5.73 Å². The Balaban J connectivity index is 3.02. The molecule has 1 aromatic rings. The van der Waals surface area contributed by atoms with E-state index in [1.165, 1.54) is 17.0 Å². The van der Waals surface area contributed by atoms with Crippen molar-refractivity contribution in [1.29, 1.82) is 0 Å². The van der Waals surface area contributed by atoms with E-state index in [-0.39, 0.29) is 6.04 Å². The largest absolute Gasteiger partial charge is 0.328 e. The van der Waals surface area contributed by atoms with Gasteiger partial charge in [0.25, 0.3) is 0 Å². The molecular formula is C13H25N3S. The fourth-order valence-corrected chi connectivity index (χ4v) is 2.54. The SMILES string of the molecule is CCc1nn(CCSC)c(CC)c1CC(C)N. The first kappa shape index (κ1) is 14.6. The van der Waals surface area contributed by atoms with Crippen LogP contribution in [-0.2, 0) is 25.8 Å².